The number of fused-ring (bicyclic) bond motifs is 3. The van der Waals surface area contributed by atoms with Gasteiger partial charge in [0, 0.05) is 13.1 Å². The first kappa shape index (κ1) is 10.3. The zero-order valence-electron chi connectivity index (χ0n) is 9.65. The molecule has 0 aromatic heterocycles. The normalized spacial score (nSPS) is 30.7. The summed E-state index contributed by atoms with van der Waals surface area (Å²) in [6.07, 6.45) is 2.67. The molecule has 0 spiro atoms. The van der Waals surface area contributed by atoms with Gasteiger partial charge in [0.1, 0.15) is 0 Å². The largest absolute Gasteiger partial charge is 0.329 e. The second-order valence-corrected chi connectivity index (χ2v) is 5.08. The fourth-order valence-corrected chi connectivity index (χ4v) is 3.36. The monoisotopic (exact) mass is 216 g/mol. The van der Waals surface area contributed by atoms with Gasteiger partial charge in [0.05, 0.1) is 0 Å². The van der Waals surface area contributed by atoms with Crippen LogP contribution < -0.4 is 11.1 Å². The van der Waals surface area contributed by atoms with E-state index in [0.717, 1.165) is 37.4 Å². The molecular weight excluding hydrogens is 196 g/mol. The zero-order chi connectivity index (χ0) is 11.0. The summed E-state index contributed by atoms with van der Waals surface area (Å²) in [5.41, 5.74) is 8.71. The van der Waals surface area contributed by atoms with E-state index in [1.807, 2.05) is 0 Å². The van der Waals surface area contributed by atoms with Gasteiger partial charge in [-0.15, -0.1) is 0 Å². The highest BCUT2D eigenvalue weighted by atomic mass is 14.9. The van der Waals surface area contributed by atoms with E-state index >= 15 is 0 Å². The number of hydrogen-bond acceptors (Lipinski definition) is 2. The Hall–Kier alpha value is -0.860. The van der Waals surface area contributed by atoms with Crippen molar-refractivity contribution in [2.24, 2.45) is 17.6 Å². The molecule has 0 saturated heterocycles. The lowest BCUT2D eigenvalue weighted by Gasteiger charge is -2.13. The number of aryl methyl sites for hydroxylation is 1. The molecule has 1 aromatic rings. The molecule has 2 heteroatoms. The predicted molar refractivity (Wildman–Crippen MR) is 66.4 cm³/mol. The molecular formula is C14H20N2. The van der Waals surface area contributed by atoms with Gasteiger partial charge in [0.2, 0.25) is 0 Å². The maximum absolute atomic E-state index is 5.50. The third kappa shape index (κ3) is 1.66. The number of nitrogens with one attached hydrogen (secondary N) is 1. The molecule has 86 valence electrons. The highest BCUT2D eigenvalue weighted by molar-refractivity contribution is 5.39. The standard InChI is InChI=1S/C14H20N2/c15-7-8-16-9-13-12-6-5-10-3-1-2-4-11(10)14(12)13/h1-4,12-14,16H,5-9,15H2. The lowest BCUT2D eigenvalue weighted by atomic mass is 9.92. The maximum Gasteiger partial charge on any atom is 0.00746 e. The van der Waals surface area contributed by atoms with Crippen LogP contribution in [0.1, 0.15) is 23.5 Å². The lowest BCUT2D eigenvalue weighted by Crippen LogP contribution is -2.24. The van der Waals surface area contributed by atoms with E-state index in [4.69, 9.17) is 5.73 Å². The van der Waals surface area contributed by atoms with Crippen molar-refractivity contribution in [1.29, 1.82) is 0 Å². The summed E-state index contributed by atoms with van der Waals surface area (Å²) in [4.78, 5) is 0. The summed E-state index contributed by atoms with van der Waals surface area (Å²) in [6, 6.07) is 8.98. The molecule has 1 aromatic carbocycles. The minimum absolute atomic E-state index is 0.749. The molecule has 3 N–H and O–H groups in total. The first-order valence-electron chi connectivity index (χ1n) is 6.40. The van der Waals surface area contributed by atoms with Gasteiger partial charge in [-0.25, -0.2) is 0 Å². The van der Waals surface area contributed by atoms with E-state index < -0.39 is 0 Å². The van der Waals surface area contributed by atoms with Gasteiger partial charge >= 0.3 is 0 Å². The molecule has 0 aliphatic heterocycles. The minimum atomic E-state index is 0.749. The van der Waals surface area contributed by atoms with Crippen molar-refractivity contribution in [2.75, 3.05) is 19.6 Å². The molecule has 16 heavy (non-hydrogen) atoms. The molecule has 1 fully saturated rings. The zero-order valence-corrected chi connectivity index (χ0v) is 9.65. The van der Waals surface area contributed by atoms with Crippen LogP contribution >= 0.6 is 0 Å². The Morgan fingerprint density at radius 3 is 3.06 bits per heavy atom. The number of rotatable bonds is 4. The van der Waals surface area contributed by atoms with Crippen LogP contribution in [0.2, 0.25) is 0 Å². The molecule has 2 aliphatic rings. The van der Waals surface area contributed by atoms with Gasteiger partial charge in [0.15, 0.2) is 0 Å². The molecule has 0 heterocycles. The topological polar surface area (TPSA) is 38.0 Å². The summed E-state index contributed by atoms with van der Waals surface area (Å²) in [5.74, 6) is 2.66. The number of nitrogens with two attached hydrogens (primary N) is 1. The summed E-state index contributed by atoms with van der Waals surface area (Å²) >= 11 is 0. The maximum atomic E-state index is 5.50. The molecule has 0 amide bonds. The molecule has 2 nitrogen and oxygen atoms in total. The lowest BCUT2D eigenvalue weighted by molar-refractivity contribution is 0.582. The SMILES string of the molecule is NCCNCC1C2CCc3ccccc3C21. The molecule has 3 atom stereocenters. The third-order valence-electron chi connectivity index (χ3n) is 4.19. The van der Waals surface area contributed by atoms with Crippen LogP contribution in [0.15, 0.2) is 24.3 Å². The van der Waals surface area contributed by atoms with E-state index in [1.165, 1.54) is 12.8 Å². The fourth-order valence-electron chi connectivity index (χ4n) is 3.36. The van der Waals surface area contributed by atoms with Crippen LogP contribution in [0.3, 0.4) is 0 Å². The Morgan fingerprint density at radius 1 is 1.31 bits per heavy atom. The van der Waals surface area contributed by atoms with Crippen LogP contribution in [0, 0.1) is 11.8 Å². The van der Waals surface area contributed by atoms with Crippen LogP contribution in [0.25, 0.3) is 0 Å². The van der Waals surface area contributed by atoms with E-state index in [9.17, 15) is 0 Å². The Labute approximate surface area is 97.2 Å². The van der Waals surface area contributed by atoms with Gasteiger partial charge in [-0.2, -0.15) is 0 Å². The number of benzene rings is 1. The van der Waals surface area contributed by atoms with Crippen LogP contribution in [-0.2, 0) is 6.42 Å². The van der Waals surface area contributed by atoms with Gasteiger partial charge in [-0.05, 0) is 48.3 Å². The van der Waals surface area contributed by atoms with E-state index in [1.54, 1.807) is 11.1 Å². The molecule has 0 bridgehead atoms. The van der Waals surface area contributed by atoms with Crippen molar-refractivity contribution in [3.63, 3.8) is 0 Å². The van der Waals surface area contributed by atoms with Crippen molar-refractivity contribution in [3.05, 3.63) is 35.4 Å². The number of hydrogen-bond donors (Lipinski definition) is 2. The molecule has 0 radical (unpaired) electrons. The molecule has 3 unspecified atom stereocenters. The summed E-state index contributed by atoms with van der Waals surface area (Å²) < 4.78 is 0. The van der Waals surface area contributed by atoms with E-state index in [-0.39, 0.29) is 0 Å². The first-order valence-corrected chi connectivity index (χ1v) is 6.40. The minimum Gasteiger partial charge on any atom is -0.329 e. The van der Waals surface area contributed by atoms with Gasteiger partial charge < -0.3 is 11.1 Å². The van der Waals surface area contributed by atoms with Gasteiger partial charge in [-0.3, -0.25) is 0 Å². The molecule has 2 aliphatic carbocycles. The highest BCUT2D eigenvalue weighted by Crippen LogP contribution is 2.59. The summed E-state index contributed by atoms with van der Waals surface area (Å²) in [5, 5.41) is 3.46. The van der Waals surface area contributed by atoms with Crippen LogP contribution in [-0.4, -0.2) is 19.6 Å². The van der Waals surface area contributed by atoms with Gasteiger partial charge in [-0.1, -0.05) is 24.3 Å². The van der Waals surface area contributed by atoms with E-state index in [2.05, 4.69) is 29.6 Å². The van der Waals surface area contributed by atoms with Crippen molar-refractivity contribution >= 4 is 0 Å². The first-order chi connectivity index (χ1) is 7.92. The Kier molecular flexibility index (Phi) is 2.70. The average Bonchev–Trinajstić information content (AvgIpc) is 3.04. The van der Waals surface area contributed by atoms with Crippen molar-refractivity contribution < 1.29 is 0 Å². The molecule has 1 saturated carbocycles. The Bertz CT molecular complexity index is 375. The quantitative estimate of drug-likeness (QED) is 0.749. The van der Waals surface area contributed by atoms with Crippen LogP contribution in [0.4, 0.5) is 0 Å². The summed E-state index contributed by atoms with van der Waals surface area (Å²) in [6.45, 7) is 2.86. The third-order valence-corrected chi connectivity index (χ3v) is 4.19. The van der Waals surface area contributed by atoms with Crippen LogP contribution in [0.5, 0.6) is 0 Å². The van der Waals surface area contributed by atoms with Crippen molar-refractivity contribution in [2.45, 2.75) is 18.8 Å². The predicted octanol–water partition coefficient (Wildman–Crippen LogP) is 1.51. The summed E-state index contributed by atoms with van der Waals surface area (Å²) in [7, 11) is 0. The van der Waals surface area contributed by atoms with Crippen molar-refractivity contribution in [3.8, 4) is 0 Å². The average molecular weight is 216 g/mol. The second kappa shape index (κ2) is 4.19. The van der Waals surface area contributed by atoms with E-state index in [0.29, 0.717) is 0 Å². The Balaban J connectivity index is 1.68. The smallest absolute Gasteiger partial charge is 0.00746 e. The highest BCUT2D eigenvalue weighted by Gasteiger charge is 2.52. The second-order valence-electron chi connectivity index (χ2n) is 5.08. The molecule has 3 rings (SSSR count). The van der Waals surface area contributed by atoms with Gasteiger partial charge in [0.25, 0.3) is 0 Å². The Morgan fingerprint density at radius 2 is 2.19 bits per heavy atom. The van der Waals surface area contributed by atoms with Crippen molar-refractivity contribution in [1.82, 2.24) is 5.32 Å². The fraction of sp³-hybridized carbons (Fsp3) is 0.571.